The Morgan fingerprint density at radius 3 is 2.64 bits per heavy atom. The minimum absolute atomic E-state index is 0.221. The average Bonchev–Trinajstić information content (AvgIpc) is 3.50. The summed E-state index contributed by atoms with van der Waals surface area (Å²) in [5, 5.41) is 0. The van der Waals surface area contributed by atoms with Crippen LogP contribution in [0.2, 0.25) is 0 Å². The molecule has 0 amide bonds. The number of aryl methyl sites for hydroxylation is 1. The summed E-state index contributed by atoms with van der Waals surface area (Å²) < 4.78 is 11.9. The van der Waals surface area contributed by atoms with Crippen LogP contribution < -0.4 is 9.64 Å². The Hall–Kier alpha value is -2.11. The Balaban J connectivity index is 1.02. The van der Waals surface area contributed by atoms with E-state index in [2.05, 4.69) is 58.1 Å². The van der Waals surface area contributed by atoms with Crippen molar-refractivity contribution in [2.24, 2.45) is 5.41 Å². The van der Waals surface area contributed by atoms with Crippen LogP contribution in [-0.4, -0.2) is 61.4 Å². The summed E-state index contributed by atoms with van der Waals surface area (Å²) in [6, 6.07) is 13.9. The lowest BCUT2D eigenvalue weighted by Gasteiger charge is -2.50. The van der Waals surface area contributed by atoms with E-state index in [1.54, 1.807) is 0 Å². The molecule has 1 spiro atoms. The van der Waals surface area contributed by atoms with E-state index in [0.717, 1.165) is 37.1 Å². The van der Waals surface area contributed by atoms with Gasteiger partial charge in [-0.2, -0.15) is 0 Å². The number of piperidine rings is 1. The number of benzene rings is 1. The molecule has 5 heteroatoms. The monoisotopic (exact) mass is 447 g/mol. The van der Waals surface area contributed by atoms with Gasteiger partial charge < -0.3 is 19.3 Å². The number of likely N-dealkylation sites (tertiary alicyclic amines) is 1. The first-order chi connectivity index (χ1) is 16.2. The van der Waals surface area contributed by atoms with Crippen molar-refractivity contribution in [3.05, 3.63) is 53.9 Å². The van der Waals surface area contributed by atoms with E-state index in [1.165, 1.54) is 69.5 Å². The molecule has 1 saturated carbocycles. The van der Waals surface area contributed by atoms with E-state index in [-0.39, 0.29) is 6.10 Å². The topological polar surface area (TPSA) is 37.8 Å². The van der Waals surface area contributed by atoms with Gasteiger partial charge in [-0.05, 0) is 81.8 Å². The van der Waals surface area contributed by atoms with Gasteiger partial charge in [0.15, 0.2) is 0 Å². The Morgan fingerprint density at radius 2 is 1.88 bits per heavy atom. The fraction of sp³-hybridized carbons (Fsp3) is 0.607. The molecule has 2 unspecified atom stereocenters. The Morgan fingerprint density at radius 1 is 1.03 bits per heavy atom. The number of pyridine rings is 1. The Bertz CT molecular complexity index is 942. The van der Waals surface area contributed by atoms with Crippen molar-refractivity contribution in [3.63, 3.8) is 0 Å². The maximum Gasteiger partial charge on any atom is 0.124 e. The van der Waals surface area contributed by atoms with Gasteiger partial charge in [0.05, 0.1) is 25.1 Å². The molecule has 2 atom stereocenters. The molecule has 176 valence electrons. The molecule has 0 radical (unpaired) electrons. The Kier molecular flexibility index (Phi) is 5.79. The molecular formula is C28H37N3O2. The van der Waals surface area contributed by atoms with Crippen LogP contribution >= 0.6 is 0 Å². The van der Waals surface area contributed by atoms with Crippen LogP contribution in [-0.2, 0) is 4.74 Å². The number of hydrogen-bond acceptors (Lipinski definition) is 5. The predicted molar refractivity (Wildman–Crippen MR) is 131 cm³/mol. The molecule has 1 aliphatic carbocycles. The summed E-state index contributed by atoms with van der Waals surface area (Å²) >= 11 is 0. The third-order valence-corrected chi connectivity index (χ3v) is 8.58. The van der Waals surface area contributed by atoms with Crippen molar-refractivity contribution in [1.29, 1.82) is 0 Å². The summed E-state index contributed by atoms with van der Waals surface area (Å²) in [7, 11) is 0. The molecule has 4 heterocycles. The van der Waals surface area contributed by atoms with Gasteiger partial charge in [-0.15, -0.1) is 0 Å². The number of nitrogens with zero attached hydrogens (tertiary/aromatic N) is 3. The molecule has 6 rings (SSSR count). The SMILES string of the molecule is Cc1ccc(N2CC3(CCC(N4CCC(c5ccccc5OC5CCOC5)CC4)C3)C2)cn1. The summed E-state index contributed by atoms with van der Waals surface area (Å²) in [5.74, 6) is 1.70. The lowest BCUT2D eigenvalue weighted by molar-refractivity contribution is 0.127. The van der Waals surface area contributed by atoms with E-state index in [0.29, 0.717) is 11.3 Å². The third-order valence-electron chi connectivity index (χ3n) is 8.58. The Labute approximate surface area is 198 Å². The first-order valence-corrected chi connectivity index (χ1v) is 12.9. The third kappa shape index (κ3) is 4.38. The van der Waals surface area contributed by atoms with Crippen LogP contribution in [0.1, 0.15) is 55.7 Å². The van der Waals surface area contributed by atoms with Gasteiger partial charge in [0.2, 0.25) is 0 Å². The van der Waals surface area contributed by atoms with E-state index < -0.39 is 0 Å². The van der Waals surface area contributed by atoms with Crippen molar-refractivity contribution in [1.82, 2.24) is 9.88 Å². The number of aromatic nitrogens is 1. The lowest BCUT2D eigenvalue weighted by Crippen LogP contribution is -2.56. The first kappa shape index (κ1) is 21.4. The average molecular weight is 448 g/mol. The number of anilines is 1. The molecule has 3 saturated heterocycles. The van der Waals surface area contributed by atoms with Crippen molar-refractivity contribution >= 4 is 5.69 Å². The second kappa shape index (κ2) is 8.92. The second-order valence-electron chi connectivity index (χ2n) is 10.9. The fourth-order valence-electron chi connectivity index (χ4n) is 6.65. The van der Waals surface area contributed by atoms with Crippen molar-refractivity contribution in [3.8, 4) is 5.75 Å². The molecule has 3 aliphatic heterocycles. The van der Waals surface area contributed by atoms with Gasteiger partial charge in [-0.3, -0.25) is 4.98 Å². The highest BCUT2D eigenvalue weighted by atomic mass is 16.5. The minimum atomic E-state index is 0.221. The van der Waals surface area contributed by atoms with Crippen LogP contribution in [0.15, 0.2) is 42.6 Å². The molecule has 5 nitrogen and oxygen atoms in total. The maximum absolute atomic E-state index is 6.34. The van der Waals surface area contributed by atoms with Gasteiger partial charge in [-0.1, -0.05) is 18.2 Å². The predicted octanol–water partition coefficient (Wildman–Crippen LogP) is 4.80. The van der Waals surface area contributed by atoms with E-state index in [9.17, 15) is 0 Å². The van der Waals surface area contributed by atoms with Crippen LogP contribution in [0.5, 0.6) is 5.75 Å². The van der Waals surface area contributed by atoms with Crippen LogP contribution in [0.4, 0.5) is 5.69 Å². The normalized spacial score (nSPS) is 27.7. The zero-order valence-electron chi connectivity index (χ0n) is 19.9. The molecule has 2 aromatic rings. The quantitative estimate of drug-likeness (QED) is 0.658. The molecule has 1 aromatic carbocycles. The molecule has 4 aliphatic rings. The molecule has 1 aromatic heterocycles. The number of para-hydroxylation sites is 1. The second-order valence-corrected chi connectivity index (χ2v) is 10.9. The van der Waals surface area contributed by atoms with E-state index >= 15 is 0 Å². The van der Waals surface area contributed by atoms with Gasteiger partial charge in [0.1, 0.15) is 11.9 Å². The largest absolute Gasteiger partial charge is 0.488 e. The van der Waals surface area contributed by atoms with Crippen molar-refractivity contribution < 1.29 is 9.47 Å². The first-order valence-electron chi connectivity index (χ1n) is 12.9. The highest BCUT2D eigenvalue weighted by Gasteiger charge is 2.49. The number of hydrogen-bond donors (Lipinski definition) is 0. The standard InChI is InChI=1S/C28H37N3O2/c1-21-6-7-24(17-29-21)31-19-28(20-31)12-8-23(16-28)30-13-9-22(10-14-30)26-4-2-3-5-27(26)33-25-11-15-32-18-25/h2-7,17,22-23,25H,8-16,18-20H2,1H3. The van der Waals surface area contributed by atoms with Crippen LogP contribution in [0.25, 0.3) is 0 Å². The minimum Gasteiger partial charge on any atom is -0.488 e. The maximum atomic E-state index is 6.34. The van der Waals surface area contributed by atoms with Crippen molar-refractivity contribution in [2.75, 3.05) is 44.3 Å². The summed E-state index contributed by atoms with van der Waals surface area (Å²) in [6.07, 6.45) is 9.88. The van der Waals surface area contributed by atoms with Gasteiger partial charge in [0, 0.05) is 36.7 Å². The zero-order chi connectivity index (χ0) is 22.3. The van der Waals surface area contributed by atoms with Crippen molar-refractivity contribution in [2.45, 2.75) is 63.5 Å². The summed E-state index contributed by atoms with van der Waals surface area (Å²) in [6.45, 7) is 8.47. The summed E-state index contributed by atoms with van der Waals surface area (Å²) in [4.78, 5) is 9.81. The number of ether oxygens (including phenoxy) is 2. The molecule has 0 bridgehead atoms. The summed E-state index contributed by atoms with van der Waals surface area (Å²) in [5.41, 5.74) is 4.34. The molecule has 33 heavy (non-hydrogen) atoms. The molecular weight excluding hydrogens is 410 g/mol. The number of rotatable bonds is 5. The fourth-order valence-corrected chi connectivity index (χ4v) is 6.65. The lowest BCUT2D eigenvalue weighted by atomic mass is 9.77. The highest BCUT2D eigenvalue weighted by molar-refractivity contribution is 5.48. The van der Waals surface area contributed by atoms with Gasteiger partial charge >= 0.3 is 0 Å². The molecule has 4 fully saturated rings. The van der Waals surface area contributed by atoms with Crippen LogP contribution in [0.3, 0.4) is 0 Å². The molecule has 0 N–H and O–H groups in total. The van der Waals surface area contributed by atoms with E-state index in [4.69, 9.17) is 9.47 Å². The highest BCUT2D eigenvalue weighted by Crippen LogP contribution is 2.49. The smallest absolute Gasteiger partial charge is 0.124 e. The van der Waals surface area contributed by atoms with Crippen LogP contribution in [0, 0.1) is 12.3 Å². The van der Waals surface area contributed by atoms with Gasteiger partial charge in [-0.25, -0.2) is 0 Å². The van der Waals surface area contributed by atoms with E-state index in [1.807, 2.05) is 6.20 Å². The van der Waals surface area contributed by atoms with Gasteiger partial charge in [0.25, 0.3) is 0 Å². The zero-order valence-corrected chi connectivity index (χ0v) is 19.9.